The molecule has 0 aliphatic carbocycles. The van der Waals surface area contributed by atoms with E-state index < -0.39 is 14.6 Å². The van der Waals surface area contributed by atoms with Gasteiger partial charge in [0.2, 0.25) is 5.28 Å². The van der Waals surface area contributed by atoms with Crippen LogP contribution >= 0.6 is 11.6 Å². The van der Waals surface area contributed by atoms with Crippen molar-refractivity contribution in [2.75, 3.05) is 37.5 Å². The van der Waals surface area contributed by atoms with Crippen LogP contribution in [0.1, 0.15) is 45.2 Å². The molecule has 0 radical (unpaired) electrons. The number of nitrogens with zero attached hydrogens (tertiary/aromatic N) is 3. The first-order valence-electron chi connectivity index (χ1n) is 9.09. The number of sulfone groups is 1. The summed E-state index contributed by atoms with van der Waals surface area (Å²) in [5, 5.41) is 0.0507. The molecule has 3 rings (SSSR count). The lowest BCUT2D eigenvalue weighted by atomic mass is 9.92. The van der Waals surface area contributed by atoms with Crippen molar-refractivity contribution in [3.8, 4) is 5.75 Å². The molecule has 26 heavy (non-hydrogen) atoms. The van der Waals surface area contributed by atoms with Crippen LogP contribution in [0.25, 0.3) is 0 Å². The van der Waals surface area contributed by atoms with Gasteiger partial charge in [-0.3, -0.25) is 0 Å². The zero-order valence-electron chi connectivity index (χ0n) is 15.5. The van der Waals surface area contributed by atoms with Gasteiger partial charge in [0.05, 0.1) is 19.3 Å². The summed E-state index contributed by atoms with van der Waals surface area (Å²) in [5.41, 5.74) is 0.406. The molecule has 2 aliphatic heterocycles. The van der Waals surface area contributed by atoms with Crippen LogP contribution in [0.5, 0.6) is 5.75 Å². The predicted octanol–water partition coefficient (Wildman–Crippen LogP) is 2.57. The highest BCUT2D eigenvalue weighted by Gasteiger charge is 2.47. The van der Waals surface area contributed by atoms with Crippen molar-refractivity contribution >= 4 is 27.3 Å². The zero-order valence-corrected chi connectivity index (χ0v) is 17.1. The summed E-state index contributed by atoms with van der Waals surface area (Å²) in [6, 6.07) is 0.0556. The average molecular weight is 404 g/mol. The Labute approximate surface area is 160 Å². The van der Waals surface area contributed by atoms with Gasteiger partial charge in [-0.2, -0.15) is 4.98 Å². The Morgan fingerprint density at radius 1 is 1.23 bits per heavy atom. The van der Waals surface area contributed by atoms with Crippen LogP contribution in [-0.2, 0) is 19.3 Å². The van der Waals surface area contributed by atoms with Crippen LogP contribution in [-0.4, -0.2) is 57.0 Å². The molecule has 1 unspecified atom stereocenters. The van der Waals surface area contributed by atoms with Gasteiger partial charge in [0.1, 0.15) is 17.0 Å². The SMILES string of the molecule is CCCC(CCC)(c1nc(Cl)nc2c1OCC1COCCN21)S(C)(=O)=O. The molecule has 0 N–H and O–H groups in total. The zero-order chi connectivity index (χ0) is 18.9. The van der Waals surface area contributed by atoms with Gasteiger partial charge in [-0.15, -0.1) is 0 Å². The summed E-state index contributed by atoms with van der Waals surface area (Å²) in [6.45, 7) is 6.18. The highest BCUT2D eigenvalue weighted by Crippen LogP contribution is 2.47. The standard InChI is InChI=1S/C17H26ClN3O4S/c1-4-6-17(7-5-2,26(3,22)23)14-13-15(20-16(18)19-14)21-8-9-24-10-12(21)11-25-13/h12H,4-11H2,1-3H3. The largest absolute Gasteiger partial charge is 0.486 e. The first-order valence-corrected chi connectivity index (χ1v) is 11.4. The molecule has 1 aromatic heterocycles. The van der Waals surface area contributed by atoms with E-state index in [4.69, 9.17) is 21.1 Å². The summed E-state index contributed by atoms with van der Waals surface area (Å²) in [7, 11) is -3.46. The Balaban J connectivity index is 2.22. The molecular weight excluding hydrogens is 378 g/mol. The maximum atomic E-state index is 12.9. The van der Waals surface area contributed by atoms with Crippen molar-refractivity contribution in [2.45, 2.75) is 50.3 Å². The lowest BCUT2D eigenvalue weighted by molar-refractivity contribution is 0.0689. The third-order valence-corrected chi connectivity index (χ3v) is 7.38. The maximum absolute atomic E-state index is 12.9. The van der Waals surface area contributed by atoms with Gasteiger partial charge in [-0.25, -0.2) is 13.4 Å². The van der Waals surface area contributed by atoms with Crippen molar-refractivity contribution < 1.29 is 17.9 Å². The second-order valence-corrected chi connectivity index (χ2v) is 9.66. The number of aromatic nitrogens is 2. The molecule has 0 amide bonds. The minimum Gasteiger partial charge on any atom is -0.486 e. The van der Waals surface area contributed by atoms with Crippen LogP contribution in [0.2, 0.25) is 5.28 Å². The topological polar surface area (TPSA) is 81.6 Å². The molecule has 1 fully saturated rings. The van der Waals surface area contributed by atoms with E-state index in [1.54, 1.807) is 0 Å². The molecular formula is C17H26ClN3O4S. The summed E-state index contributed by atoms with van der Waals surface area (Å²) < 4.78 is 36.2. The second-order valence-electron chi connectivity index (χ2n) is 6.99. The van der Waals surface area contributed by atoms with Gasteiger partial charge >= 0.3 is 0 Å². The molecule has 1 saturated heterocycles. The molecule has 0 spiro atoms. The Morgan fingerprint density at radius 3 is 2.54 bits per heavy atom. The van der Waals surface area contributed by atoms with E-state index in [2.05, 4.69) is 14.9 Å². The molecule has 1 atom stereocenters. The van der Waals surface area contributed by atoms with Crippen LogP contribution in [0, 0.1) is 0 Å². The predicted molar refractivity (Wildman–Crippen MR) is 101 cm³/mol. The Kier molecular flexibility index (Phi) is 5.65. The monoisotopic (exact) mass is 403 g/mol. The number of hydrogen-bond acceptors (Lipinski definition) is 7. The Hall–Kier alpha value is -1.12. The van der Waals surface area contributed by atoms with Crippen LogP contribution in [0.4, 0.5) is 5.82 Å². The van der Waals surface area contributed by atoms with E-state index in [-0.39, 0.29) is 11.3 Å². The summed E-state index contributed by atoms with van der Waals surface area (Å²) in [6.07, 6.45) is 3.64. The summed E-state index contributed by atoms with van der Waals surface area (Å²) >= 11 is 6.24. The highest BCUT2D eigenvalue weighted by atomic mass is 35.5. The molecule has 3 heterocycles. The van der Waals surface area contributed by atoms with Gasteiger partial charge < -0.3 is 14.4 Å². The van der Waals surface area contributed by atoms with E-state index in [0.717, 1.165) is 0 Å². The molecule has 0 bridgehead atoms. The third kappa shape index (κ3) is 3.27. The van der Waals surface area contributed by atoms with Gasteiger partial charge in [-0.05, 0) is 24.4 Å². The fraction of sp³-hybridized carbons (Fsp3) is 0.765. The van der Waals surface area contributed by atoms with Crippen LogP contribution < -0.4 is 9.64 Å². The Morgan fingerprint density at radius 2 is 1.92 bits per heavy atom. The third-order valence-electron chi connectivity index (χ3n) is 5.19. The van der Waals surface area contributed by atoms with Gasteiger partial charge in [0.15, 0.2) is 21.4 Å². The fourth-order valence-electron chi connectivity index (χ4n) is 4.02. The lowest BCUT2D eigenvalue weighted by Crippen LogP contribution is -2.52. The molecule has 2 aliphatic rings. The van der Waals surface area contributed by atoms with E-state index in [9.17, 15) is 8.42 Å². The number of halogens is 1. The van der Waals surface area contributed by atoms with Gasteiger partial charge in [0.25, 0.3) is 0 Å². The second kappa shape index (κ2) is 7.48. The van der Waals surface area contributed by atoms with Crippen LogP contribution in [0.15, 0.2) is 0 Å². The first-order chi connectivity index (χ1) is 12.3. The normalized spacial score (nSPS) is 20.3. The minimum absolute atomic E-state index is 0.0507. The number of morpholine rings is 1. The summed E-state index contributed by atoms with van der Waals surface area (Å²) in [4.78, 5) is 10.9. The van der Waals surface area contributed by atoms with E-state index in [1.807, 2.05) is 13.8 Å². The number of ether oxygens (including phenoxy) is 2. The minimum atomic E-state index is -3.46. The Bertz CT molecular complexity index is 766. The molecule has 0 saturated carbocycles. The van der Waals surface area contributed by atoms with Crippen molar-refractivity contribution in [2.24, 2.45) is 0 Å². The molecule has 1 aromatic rings. The highest BCUT2D eigenvalue weighted by molar-refractivity contribution is 7.91. The lowest BCUT2D eigenvalue weighted by Gasteiger charge is -2.42. The van der Waals surface area contributed by atoms with Crippen molar-refractivity contribution in [1.29, 1.82) is 0 Å². The van der Waals surface area contributed by atoms with Crippen molar-refractivity contribution in [3.63, 3.8) is 0 Å². The smallest absolute Gasteiger partial charge is 0.224 e. The van der Waals surface area contributed by atoms with E-state index in [1.165, 1.54) is 6.26 Å². The molecule has 9 heteroatoms. The summed E-state index contributed by atoms with van der Waals surface area (Å²) in [5.74, 6) is 1.04. The number of fused-ring (bicyclic) bond motifs is 3. The van der Waals surface area contributed by atoms with E-state index >= 15 is 0 Å². The average Bonchev–Trinajstić information content (AvgIpc) is 2.59. The van der Waals surface area contributed by atoms with Crippen molar-refractivity contribution in [3.05, 3.63) is 11.0 Å². The van der Waals surface area contributed by atoms with E-state index in [0.29, 0.717) is 69.3 Å². The molecule has 0 aromatic carbocycles. The number of rotatable bonds is 6. The molecule has 146 valence electrons. The van der Waals surface area contributed by atoms with Gasteiger partial charge in [-0.1, -0.05) is 26.7 Å². The van der Waals surface area contributed by atoms with Crippen molar-refractivity contribution in [1.82, 2.24) is 9.97 Å². The maximum Gasteiger partial charge on any atom is 0.224 e. The fourth-order valence-corrected chi connectivity index (χ4v) is 5.82. The first kappa shape index (κ1) is 19.6. The molecule has 7 nitrogen and oxygen atoms in total. The number of anilines is 1. The van der Waals surface area contributed by atoms with Gasteiger partial charge in [0, 0.05) is 12.8 Å². The quantitative estimate of drug-likeness (QED) is 0.675. The van der Waals surface area contributed by atoms with Crippen LogP contribution in [0.3, 0.4) is 0 Å². The number of hydrogen-bond donors (Lipinski definition) is 0.